The Morgan fingerprint density at radius 2 is 2.10 bits per heavy atom. The largest absolute Gasteiger partial charge is 0.466 e. The number of anilines is 1. The lowest BCUT2D eigenvalue weighted by atomic mass is 9.87. The lowest BCUT2D eigenvalue weighted by Crippen LogP contribution is -2.50. The highest BCUT2D eigenvalue weighted by Gasteiger charge is 2.46. The van der Waals surface area contributed by atoms with Crippen LogP contribution < -0.4 is 5.32 Å². The highest BCUT2D eigenvalue weighted by atomic mass is 35.5. The maximum atomic E-state index is 12.9. The van der Waals surface area contributed by atoms with Crippen LogP contribution in [0.4, 0.5) is 5.69 Å². The van der Waals surface area contributed by atoms with Crippen LogP contribution in [0.25, 0.3) is 0 Å². The normalized spacial score (nSPS) is 21.1. The van der Waals surface area contributed by atoms with E-state index >= 15 is 0 Å². The van der Waals surface area contributed by atoms with Gasteiger partial charge in [-0.3, -0.25) is 9.59 Å². The lowest BCUT2D eigenvalue weighted by molar-refractivity contribution is -0.110. The zero-order chi connectivity index (χ0) is 20.6. The Morgan fingerprint density at radius 1 is 1.28 bits per heavy atom. The smallest absolute Gasteiger partial charge is 0.273 e. The van der Waals surface area contributed by atoms with Gasteiger partial charge in [-0.15, -0.1) is 0 Å². The van der Waals surface area contributed by atoms with E-state index in [1.807, 2.05) is 6.92 Å². The Kier molecular flexibility index (Phi) is 5.08. The summed E-state index contributed by atoms with van der Waals surface area (Å²) in [5.41, 5.74) is 0.811. The van der Waals surface area contributed by atoms with Crippen molar-refractivity contribution >= 4 is 34.8 Å². The number of piperidine rings is 1. The van der Waals surface area contributed by atoms with Gasteiger partial charge in [-0.25, -0.2) is 0 Å². The number of nitrogens with one attached hydrogen (secondary N) is 1. The minimum absolute atomic E-state index is 0.0844. The number of carbonyl (C=O) groups is 2. The number of benzene rings is 1. The van der Waals surface area contributed by atoms with Crippen LogP contribution in [0, 0.1) is 13.8 Å². The van der Waals surface area contributed by atoms with Crippen LogP contribution in [0.5, 0.6) is 0 Å². The van der Waals surface area contributed by atoms with E-state index in [-0.39, 0.29) is 11.8 Å². The molecule has 7 nitrogen and oxygen atoms in total. The molecular formula is C21H22ClN3O4. The van der Waals surface area contributed by atoms with E-state index in [0.717, 1.165) is 12.8 Å². The molecular weight excluding hydrogens is 394 g/mol. The van der Waals surface area contributed by atoms with Crippen molar-refractivity contribution in [3.63, 3.8) is 0 Å². The van der Waals surface area contributed by atoms with Crippen molar-refractivity contribution in [3.05, 3.63) is 52.4 Å². The van der Waals surface area contributed by atoms with Gasteiger partial charge in [0.1, 0.15) is 17.2 Å². The molecule has 1 unspecified atom stereocenters. The molecule has 1 atom stereocenters. The standard InChI is InChI=1S/C21H22ClN3O4/c1-13-9-17(14(2)28-13)20(27)25-8-4-7-21(12-25)11-18(24-29-21)19(26)23-16-6-3-5-15(22)10-16/h3,5-6,9-10H,4,7-8,11-12H2,1-2H3,(H,23,26). The zero-order valence-corrected chi connectivity index (χ0v) is 17.1. The first-order valence-corrected chi connectivity index (χ1v) is 9.91. The number of furan rings is 1. The Labute approximate surface area is 173 Å². The van der Waals surface area contributed by atoms with Crippen LogP contribution >= 0.6 is 11.6 Å². The number of rotatable bonds is 3. The summed E-state index contributed by atoms with van der Waals surface area (Å²) < 4.78 is 5.49. The van der Waals surface area contributed by atoms with Gasteiger partial charge in [0.15, 0.2) is 5.60 Å². The summed E-state index contributed by atoms with van der Waals surface area (Å²) in [5, 5.41) is 7.36. The van der Waals surface area contributed by atoms with Crippen LogP contribution in [0.3, 0.4) is 0 Å². The Balaban J connectivity index is 1.43. The maximum absolute atomic E-state index is 12.9. The predicted octanol–water partition coefficient (Wildman–Crippen LogP) is 3.94. The third-order valence-corrected chi connectivity index (χ3v) is 5.52. The third-order valence-electron chi connectivity index (χ3n) is 5.28. The molecule has 1 spiro atoms. The number of carbonyl (C=O) groups excluding carboxylic acids is 2. The SMILES string of the molecule is Cc1cc(C(=O)N2CCCC3(CC(C(=O)Nc4cccc(Cl)c4)=NO3)C2)c(C)o1. The van der Waals surface area contributed by atoms with Gasteiger partial charge in [0.05, 0.1) is 12.1 Å². The van der Waals surface area contributed by atoms with E-state index in [9.17, 15) is 9.59 Å². The number of hydrogen-bond donors (Lipinski definition) is 1. The van der Waals surface area contributed by atoms with Crippen molar-refractivity contribution in [2.24, 2.45) is 5.16 Å². The molecule has 2 aliphatic heterocycles. The Hall–Kier alpha value is -2.80. The summed E-state index contributed by atoms with van der Waals surface area (Å²) in [4.78, 5) is 33.0. The molecule has 4 rings (SSSR count). The van der Waals surface area contributed by atoms with Crippen molar-refractivity contribution in [1.82, 2.24) is 4.90 Å². The molecule has 1 fully saturated rings. The summed E-state index contributed by atoms with van der Waals surface area (Å²) in [7, 11) is 0. The second kappa shape index (κ2) is 7.55. The van der Waals surface area contributed by atoms with Crippen molar-refractivity contribution in [3.8, 4) is 0 Å². The molecule has 8 heteroatoms. The quantitative estimate of drug-likeness (QED) is 0.822. The molecule has 2 aliphatic rings. The molecule has 1 N–H and O–H groups in total. The fourth-order valence-electron chi connectivity index (χ4n) is 3.92. The van der Waals surface area contributed by atoms with E-state index in [4.69, 9.17) is 20.9 Å². The van der Waals surface area contributed by atoms with Gasteiger partial charge in [-0.1, -0.05) is 22.8 Å². The van der Waals surface area contributed by atoms with Crippen LogP contribution in [-0.4, -0.2) is 41.1 Å². The Bertz CT molecular complexity index is 1000. The molecule has 0 aliphatic carbocycles. The molecule has 3 heterocycles. The first-order chi connectivity index (χ1) is 13.8. The highest BCUT2D eigenvalue weighted by Crippen LogP contribution is 2.34. The predicted molar refractivity (Wildman–Crippen MR) is 109 cm³/mol. The van der Waals surface area contributed by atoms with Crippen LogP contribution in [0.15, 0.2) is 39.9 Å². The molecule has 0 saturated carbocycles. The number of halogens is 1. The van der Waals surface area contributed by atoms with Gasteiger partial charge in [0, 0.05) is 23.7 Å². The molecule has 2 amide bonds. The van der Waals surface area contributed by atoms with Gasteiger partial charge in [0.2, 0.25) is 0 Å². The number of amides is 2. The van der Waals surface area contributed by atoms with Crippen molar-refractivity contribution in [1.29, 1.82) is 0 Å². The molecule has 0 radical (unpaired) electrons. The first kappa shape index (κ1) is 19.5. The molecule has 1 aromatic carbocycles. The number of aryl methyl sites for hydroxylation is 2. The van der Waals surface area contributed by atoms with Crippen LogP contribution in [0.1, 0.15) is 41.1 Å². The molecule has 1 saturated heterocycles. The number of likely N-dealkylation sites (tertiary alicyclic amines) is 1. The topological polar surface area (TPSA) is 84.1 Å². The summed E-state index contributed by atoms with van der Waals surface area (Å²) in [6.45, 7) is 4.62. The number of hydrogen-bond acceptors (Lipinski definition) is 5. The molecule has 0 bridgehead atoms. The van der Waals surface area contributed by atoms with Crippen LogP contribution in [0.2, 0.25) is 5.02 Å². The van der Waals surface area contributed by atoms with Gasteiger partial charge in [0.25, 0.3) is 11.8 Å². The van der Waals surface area contributed by atoms with Crippen molar-refractivity contribution in [2.75, 3.05) is 18.4 Å². The number of oxime groups is 1. The third kappa shape index (κ3) is 4.00. The fourth-order valence-corrected chi connectivity index (χ4v) is 4.11. The second-order valence-corrected chi connectivity index (χ2v) is 8.05. The molecule has 29 heavy (non-hydrogen) atoms. The second-order valence-electron chi connectivity index (χ2n) is 7.61. The minimum Gasteiger partial charge on any atom is -0.466 e. The highest BCUT2D eigenvalue weighted by molar-refractivity contribution is 6.43. The zero-order valence-electron chi connectivity index (χ0n) is 16.3. The molecule has 152 valence electrons. The lowest BCUT2D eigenvalue weighted by Gasteiger charge is -2.38. The van der Waals surface area contributed by atoms with Crippen molar-refractivity contribution in [2.45, 2.75) is 38.7 Å². The summed E-state index contributed by atoms with van der Waals surface area (Å²) >= 11 is 5.96. The number of nitrogens with zero attached hydrogens (tertiary/aromatic N) is 2. The van der Waals surface area contributed by atoms with Crippen molar-refractivity contribution < 1.29 is 18.8 Å². The minimum atomic E-state index is -0.665. The van der Waals surface area contributed by atoms with Gasteiger partial charge < -0.3 is 19.5 Å². The van der Waals surface area contributed by atoms with Gasteiger partial charge >= 0.3 is 0 Å². The maximum Gasteiger partial charge on any atom is 0.273 e. The van der Waals surface area contributed by atoms with E-state index in [1.54, 1.807) is 42.2 Å². The molecule has 2 aromatic rings. The summed E-state index contributed by atoms with van der Waals surface area (Å²) in [6.07, 6.45) is 1.87. The first-order valence-electron chi connectivity index (χ1n) is 9.53. The summed E-state index contributed by atoms with van der Waals surface area (Å²) in [5.74, 6) is 0.906. The van der Waals surface area contributed by atoms with E-state index in [1.165, 1.54) is 0 Å². The fraction of sp³-hybridized carbons (Fsp3) is 0.381. The summed E-state index contributed by atoms with van der Waals surface area (Å²) in [6, 6.07) is 8.68. The van der Waals surface area contributed by atoms with Gasteiger partial charge in [-0.05, 0) is 51.0 Å². The molecule has 1 aromatic heterocycles. The van der Waals surface area contributed by atoms with E-state index < -0.39 is 5.60 Å². The van der Waals surface area contributed by atoms with E-state index in [2.05, 4.69) is 10.5 Å². The van der Waals surface area contributed by atoms with Crippen LogP contribution in [-0.2, 0) is 9.63 Å². The Morgan fingerprint density at radius 3 is 2.83 bits per heavy atom. The van der Waals surface area contributed by atoms with Gasteiger partial charge in [-0.2, -0.15) is 0 Å². The average Bonchev–Trinajstić information content (AvgIpc) is 3.24. The average molecular weight is 416 g/mol. The monoisotopic (exact) mass is 415 g/mol. The van der Waals surface area contributed by atoms with E-state index in [0.29, 0.717) is 53.0 Å².